The lowest BCUT2D eigenvalue weighted by atomic mass is 10.2. The van der Waals surface area contributed by atoms with Gasteiger partial charge in [0.2, 0.25) is 0 Å². The van der Waals surface area contributed by atoms with Gasteiger partial charge < -0.3 is 14.8 Å². The molecule has 36 heavy (non-hydrogen) atoms. The van der Waals surface area contributed by atoms with Crippen LogP contribution >= 0.6 is 22.9 Å². The number of thiophene rings is 1. The minimum absolute atomic E-state index is 0.0406. The molecule has 14 heteroatoms. The zero-order chi connectivity index (χ0) is 25.9. The molecule has 0 saturated heterocycles. The van der Waals surface area contributed by atoms with E-state index in [0.29, 0.717) is 26.3 Å². The van der Waals surface area contributed by atoms with Crippen molar-refractivity contribution in [3.63, 3.8) is 0 Å². The van der Waals surface area contributed by atoms with Crippen molar-refractivity contribution in [3.8, 4) is 11.4 Å². The minimum atomic E-state index is -4.46. The molecule has 0 fully saturated rings. The van der Waals surface area contributed by atoms with E-state index in [-0.39, 0.29) is 27.0 Å². The number of nitrogens with one attached hydrogen (secondary N) is 1. The maximum atomic E-state index is 15.2. The van der Waals surface area contributed by atoms with Crippen LogP contribution in [0.3, 0.4) is 0 Å². The largest absolute Gasteiger partial charge is 0.495 e. The van der Waals surface area contributed by atoms with Crippen molar-refractivity contribution in [1.82, 2.24) is 13.5 Å². The van der Waals surface area contributed by atoms with Crippen LogP contribution in [0, 0.1) is 5.82 Å². The molecule has 5 rings (SSSR count). The highest BCUT2D eigenvalue weighted by atomic mass is 35.5. The molecule has 0 aliphatic carbocycles. The van der Waals surface area contributed by atoms with Crippen LogP contribution in [0.5, 0.6) is 5.75 Å². The van der Waals surface area contributed by atoms with Gasteiger partial charge in [0.1, 0.15) is 15.5 Å². The molecule has 0 saturated carbocycles. The second-order valence-electron chi connectivity index (χ2n) is 7.47. The summed E-state index contributed by atoms with van der Waals surface area (Å²) in [4.78, 5) is 38.9. The number of halogens is 2. The van der Waals surface area contributed by atoms with Gasteiger partial charge in [-0.3, -0.25) is 4.79 Å². The van der Waals surface area contributed by atoms with Gasteiger partial charge in [-0.25, -0.2) is 30.9 Å². The van der Waals surface area contributed by atoms with Crippen LogP contribution in [0.4, 0.5) is 4.39 Å². The number of aromatic carboxylic acids is 1. The number of hydrogen-bond donors (Lipinski definition) is 2. The summed E-state index contributed by atoms with van der Waals surface area (Å²) in [6.07, 6.45) is 1.25. The Morgan fingerprint density at radius 2 is 1.97 bits per heavy atom. The number of rotatable bonds is 5. The van der Waals surface area contributed by atoms with Crippen LogP contribution in [0.1, 0.15) is 9.67 Å². The first-order valence-electron chi connectivity index (χ1n) is 9.95. The van der Waals surface area contributed by atoms with Crippen LogP contribution in [-0.2, 0) is 10.0 Å². The number of fused-ring (bicyclic) bond motifs is 2. The Hall–Kier alpha value is -3.94. The fourth-order valence-corrected chi connectivity index (χ4v) is 6.46. The number of hydrogen-bond acceptors (Lipinski definition) is 7. The monoisotopic (exact) mass is 549 g/mol. The number of carbonyl (C=O) groups is 1. The summed E-state index contributed by atoms with van der Waals surface area (Å²) >= 11 is 6.87. The number of aromatic amines is 1. The third kappa shape index (κ3) is 3.43. The van der Waals surface area contributed by atoms with Gasteiger partial charge in [0, 0.05) is 28.1 Å². The number of methoxy groups -OCH3 is 1. The molecule has 0 atom stereocenters. The van der Waals surface area contributed by atoms with Gasteiger partial charge in [-0.2, -0.15) is 0 Å². The SMILES string of the molecule is COc1cc(F)c(-n2c(=O)[nH]c3csc(C(=O)O)c3c2=O)cc1S(=O)(=O)n1ccc2c(Cl)cccc21. The van der Waals surface area contributed by atoms with Crippen molar-refractivity contribution >= 4 is 60.7 Å². The molecule has 184 valence electrons. The first-order valence-corrected chi connectivity index (χ1v) is 12.6. The zero-order valence-electron chi connectivity index (χ0n) is 18.0. The van der Waals surface area contributed by atoms with E-state index < -0.39 is 43.6 Å². The molecular formula is C22H13ClFN3O7S2. The normalized spacial score (nSPS) is 11.9. The third-order valence-electron chi connectivity index (χ3n) is 5.50. The van der Waals surface area contributed by atoms with Gasteiger partial charge in [0.25, 0.3) is 15.6 Å². The Balaban J connectivity index is 1.82. The second-order valence-corrected chi connectivity index (χ2v) is 10.5. The highest BCUT2D eigenvalue weighted by molar-refractivity contribution is 7.90. The molecule has 2 N–H and O–H groups in total. The Bertz CT molecular complexity index is 1950. The Kier molecular flexibility index (Phi) is 5.50. The predicted molar refractivity (Wildman–Crippen MR) is 131 cm³/mol. The quantitative estimate of drug-likeness (QED) is 0.342. The molecule has 3 aromatic heterocycles. The molecule has 10 nitrogen and oxygen atoms in total. The summed E-state index contributed by atoms with van der Waals surface area (Å²) in [5.41, 5.74) is -2.73. The van der Waals surface area contributed by atoms with Gasteiger partial charge in [0.05, 0.1) is 29.2 Å². The van der Waals surface area contributed by atoms with Gasteiger partial charge in [-0.1, -0.05) is 17.7 Å². The molecule has 0 amide bonds. The molecule has 0 spiro atoms. The highest BCUT2D eigenvalue weighted by Crippen LogP contribution is 2.33. The maximum Gasteiger partial charge on any atom is 0.346 e. The van der Waals surface area contributed by atoms with Gasteiger partial charge >= 0.3 is 11.7 Å². The van der Waals surface area contributed by atoms with E-state index in [0.717, 1.165) is 23.2 Å². The van der Waals surface area contributed by atoms with Gasteiger partial charge in [-0.05, 0) is 24.3 Å². The van der Waals surface area contributed by atoms with E-state index in [1.807, 2.05) is 0 Å². The maximum absolute atomic E-state index is 15.2. The third-order valence-corrected chi connectivity index (χ3v) is 8.51. The van der Waals surface area contributed by atoms with Crippen molar-refractivity contribution < 1.29 is 27.4 Å². The van der Waals surface area contributed by atoms with E-state index in [1.165, 1.54) is 23.7 Å². The Morgan fingerprint density at radius 1 is 1.22 bits per heavy atom. The van der Waals surface area contributed by atoms with E-state index >= 15 is 4.39 Å². The average molecular weight is 550 g/mol. The number of benzene rings is 2. The minimum Gasteiger partial charge on any atom is -0.495 e. The van der Waals surface area contributed by atoms with Crippen LogP contribution in [0.25, 0.3) is 27.5 Å². The molecule has 5 aromatic rings. The van der Waals surface area contributed by atoms with Crippen molar-refractivity contribution in [2.75, 3.05) is 7.11 Å². The standard InChI is InChI=1S/C22H13ClFN3O7S2/c1-34-16-7-12(24)15(27-20(28)18-13(25-22(27)31)9-35-19(18)21(29)30)8-17(16)36(32,33)26-6-5-10-11(23)3-2-4-14(10)26/h2-9H,1H3,(H,25,31)(H,29,30). The van der Waals surface area contributed by atoms with E-state index in [2.05, 4.69) is 4.98 Å². The first-order chi connectivity index (χ1) is 17.1. The Labute approximate surface area is 209 Å². The lowest BCUT2D eigenvalue weighted by molar-refractivity contribution is 0.0704. The molecule has 0 radical (unpaired) electrons. The molecule has 3 heterocycles. The summed E-state index contributed by atoms with van der Waals surface area (Å²) < 4.78 is 48.8. The lowest BCUT2D eigenvalue weighted by Crippen LogP contribution is -2.34. The Morgan fingerprint density at radius 3 is 2.67 bits per heavy atom. The molecule has 0 aliphatic heterocycles. The second kappa shape index (κ2) is 8.33. The van der Waals surface area contributed by atoms with Crippen LogP contribution in [0.2, 0.25) is 5.02 Å². The van der Waals surface area contributed by atoms with Crippen molar-refractivity contribution in [3.05, 3.63) is 84.5 Å². The number of carboxylic acids is 1. The summed E-state index contributed by atoms with van der Waals surface area (Å²) in [6.45, 7) is 0. The van der Waals surface area contributed by atoms with Crippen LogP contribution in [0.15, 0.2) is 62.5 Å². The number of nitrogens with zero attached hydrogens (tertiary/aromatic N) is 2. The number of aromatic nitrogens is 3. The fraction of sp³-hybridized carbons (Fsp3) is 0.0455. The van der Waals surface area contributed by atoms with Crippen molar-refractivity contribution in [2.24, 2.45) is 0 Å². The number of H-pyrrole nitrogens is 1. The summed E-state index contributed by atoms with van der Waals surface area (Å²) in [6, 6.07) is 7.65. The summed E-state index contributed by atoms with van der Waals surface area (Å²) in [5, 5.41) is 11.1. The summed E-state index contributed by atoms with van der Waals surface area (Å²) in [5.74, 6) is -2.94. The summed E-state index contributed by atoms with van der Waals surface area (Å²) in [7, 11) is -3.33. The van der Waals surface area contributed by atoms with Crippen molar-refractivity contribution in [1.29, 1.82) is 0 Å². The van der Waals surface area contributed by atoms with Crippen molar-refractivity contribution in [2.45, 2.75) is 4.90 Å². The first kappa shape index (κ1) is 23.8. The smallest absolute Gasteiger partial charge is 0.346 e. The van der Waals surface area contributed by atoms with Gasteiger partial charge in [-0.15, -0.1) is 11.3 Å². The topological polar surface area (TPSA) is 140 Å². The zero-order valence-corrected chi connectivity index (χ0v) is 20.4. The van der Waals surface area contributed by atoms with Gasteiger partial charge in [0.15, 0.2) is 5.82 Å². The predicted octanol–water partition coefficient (Wildman–Crippen LogP) is 3.43. The van der Waals surface area contributed by atoms with E-state index in [9.17, 15) is 27.9 Å². The fourth-order valence-electron chi connectivity index (χ4n) is 3.89. The molecule has 0 bridgehead atoms. The number of ether oxygens (including phenoxy) is 1. The number of carboxylic acid groups (broad SMARTS) is 1. The molecular weight excluding hydrogens is 537 g/mol. The van der Waals surface area contributed by atoms with Crippen LogP contribution < -0.4 is 16.0 Å². The average Bonchev–Trinajstić information content (AvgIpc) is 3.45. The lowest BCUT2D eigenvalue weighted by Gasteiger charge is -2.15. The van der Waals surface area contributed by atoms with E-state index in [1.54, 1.807) is 12.1 Å². The molecule has 0 aliphatic rings. The highest BCUT2D eigenvalue weighted by Gasteiger charge is 2.28. The van der Waals surface area contributed by atoms with Crippen LogP contribution in [-0.4, -0.2) is 40.1 Å². The molecule has 2 aromatic carbocycles. The van der Waals surface area contributed by atoms with E-state index in [4.69, 9.17) is 16.3 Å². The molecule has 0 unspecified atom stereocenters.